The van der Waals surface area contributed by atoms with E-state index in [-0.39, 0.29) is 0 Å². The fourth-order valence-corrected chi connectivity index (χ4v) is 2.99. The molecule has 0 amide bonds. The Labute approximate surface area is 80.2 Å². The minimum absolute atomic E-state index is 0.622. The van der Waals surface area contributed by atoms with Crippen molar-refractivity contribution in [3.05, 3.63) is 0 Å². The molecule has 2 unspecified atom stereocenters. The van der Waals surface area contributed by atoms with Crippen LogP contribution in [0, 0.1) is 5.92 Å². The maximum atomic E-state index is 5.71. The molecule has 0 radical (unpaired) electrons. The van der Waals surface area contributed by atoms with E-state index in [1.165, 1.54) is 45.2 Å². The van der Waals surface area contributed by atoms with Gasteiger partial charge in [0.1, 0.15) is 0 Å². The van der Waals surface area contributed by atoms with Crippen LogP contribution in [0.25, 0.3) is 0 Å². The predicted molar refractivity (Wildman–Crippen MR) is 51.7 cm³/mol. The minimum atomic E-state index is 0.622. The first-order valence-electron chi connectivity index (χ1n) is 5.79. The quantitative estimate of drug-likeness (QED) is 0.610. The fourth-order valence-electron chi connectivity index (χ4n) is 2.99. The van der Waals surface area contributed by atoms with Crippen LogP contribution in [0.1, 0.15) is 32.1 Å². The van der Waals surface area contributed by atoms with Crippen molar-refractivity contribution in [1.29, 1.82) is 0 Å². The molecule has 3 aliphatic rings. The van der Waals surface area contributed by atoms with E-state index in [0.717, 1.165) is 18.6 Å². The molecule has 2 heteroatoms. The lowest BCUT2D eigenvalue weighted by Gasteiger charge is -2.43. The summed E-state index contributed by atoms with van der Waals surface area (Å²) < 4.78 is 5.71. The molecule has 0 aromatic heterocycles. The zero-order valence-electron chi connectivity index (χ0n) is 8.24. The Morgan fingerprint density at radius 1 is 1.08 bits per heavy atom. The average molecular weight is 181 g/mol. The van der Waals surface area contributed by atoms with Gasteiger partial charge in [-0.2, -0.15) is 0 Å². The maximum absolute atomic E-state index is 5.71. The number of hydrogen-bond donors (Lipinski definition) is 0. The highest BCUT2D eigenvalue weighted by Gasteiger charge is 2.37. The Morgan fingerprint density at radius 3 is 2.77 bits per heavy atom. The first-order valence-corrected chi connectivity index (χ1v) is 5.79. The molecule has 0 spiro atoms. The van der Waals surface area contributed by atoms with E-state index in [2.05, 4.69) is 4.90 Å². The van der Waals surface area contributed by atoms with Crippen LogP contribution in [0.3, 0.4) is 0 Å². The van der Waals surface area contributed by atoms with E-state index in [9.17, 15) is 0 Å². The third-order valence-electron chi connectivity index (χ3n) is 4.11. The lowest BCUT2D eigenvalue weighted by atomic mass is 9.86. The van der Waals surface area contributed by atoms with Gasteiger partial charge < -0.3 is 4.74 Å². The third-order valence-corrected chi connectivity index (χ3v) is 4.11. The van der Waals surface area contributed by atoms with E-state index in [0.29, 0.717) is 6.10 Å². The van der Waals surface area contributed by atoms with Gasteiger partial charge in [-0.1, -0.05) is 6.42 Å². The van der Waals surface area contributed by atoms with Gasteiger partial charge in [-0.05, 0) is 25.7 Å². The molecule has 1 saturated carbocycles. The van der Waals surface area contributed by atoms with Gasteiger partial charge in [0, 0.05) is 31.7 Å². The molecule has 0 bridgehead atoms. The zero-order chi connectivity index (χ0) is 8.67. The summed E-state index contributed by atoms with van der Waals surface area (Å²) in [5.74, 6) is 0.870. The number of hydrogen-bond acceptors (Lipinski definition) is 2. The Hall–Kier alpha value is -0.0800. The largest absolute Gasteiger partial charge is 0.378 e. The van der Waals surface area contributed by atoms with E-state index in [1.807, 2.05) is 0 Å². The van der Waals surface area contributed by atoms with Crippen LogP contribution in [0.5, 0.6) is 0 Å². The van der Waals surface area contributed by atoms with Crippen molar-refractivity contribution in [1.82, 2.24) is 4.90 Å². The van der Waals surface area contributed by atoms with E-state index in [4.69, 9.17) is 4.74 Å². The standard InChI is InChI=1S/C11H19NO/c1-2-10(3-1)12-6-4-11-9(8-12)5-7-13-11/h9-11H,1-8H2. The van der Waals surface area contributed by atoms with Crippen LogP contribution in [-0.2, 0) is 4.74 Å². The number of piperidine rings is 1. The third kappa shape index (κ3) is 1.40. The molecule has 3 rings (SSSR count). The van der Waals surface area contributed by atoms with Crippen molar-refractivity contribution in [2.24, 2.45) is 5.92 Å². The highest BCUT2D eigenvalue weighted by Crippen LogP contribution is 2.33. The maximum Gasteiger partial charge on any atom is 0.0628 e. The number of fused-ring (bicyclic) bond motifs is 1. The van der Waals surface area contributed by atoms with E-state index >= 15 is 0 Å². The SMILES string of the molecule is C1CC(N2CCC3OCCC3C2)C1. The van der Waals surface area contributed by atoms with Crippen molar-refractivity contribution < 1.29 is 4.74 Å². The molecular formula is C11H19NO. The highest BCUT2D eigenvalue weighted by atomic mass is 16.5. The Morgan fingerprint density at radius 2 is 2.00 bits per heavy atom. The average Bonchev–Trinajstić information content (AvgIpc) is 2.47. The molecular weight excluding hydrogens is 162 g/mol. The summed E-state index contributed by atoms with van der Waals surface area (Å²) in [6.07, 6.45) is 7.61. The molecule has 0 aromatic carbocycles. The van der Waals surface area contributed by atoms with Crippen molar-refractivity contribution in [3.63, 3.8) is 0 Å². The lowest BCUT2D eigenvalue weighted by Crippen LogP contribution is -2.48. The number of likely N-dealkylation sites (tertiary alicyclic amines) is 1. The lowest BCUT2D eigenvalue weighted by molar-refractivity contribution is 0.00585. The van der Waals surface area contributed by atoms with Crippen LogP contribution in [-0.4, -0.2) is 36.7 Å². The number of nitrogens with zero attached hydrogens (tertiary/aromatic N) is 1. The molecule has 0 aromatic rings. The van der Waals surface area contributed by atoms with Gasteiger partial charge in [0.15, 0.2) is 0 Å². The van der Waals surface area contributed by atoms with Gasteiger partial charge in [-0.25, -0.2) is 0 Å². The smallest absolute Gasteiger partial charge is 0.0628 e. The summed E-state index contributed by atoms with van der Waals surface area (Å²) >= 11 is 0. The Balaban J connectivity index is 1.60. The molecule has 1 aliphatic carbocycles. The second-order valence-corrected chi connectivity index (χ2v) is 4.83. The summed E-state index contributed by atoms with van der Waals surface area (Å²) in [5, 5.41) is 0. The molecule has 0 N–H and O–H groups in total. The fraction of sp³-hybridized carbons (Fsp3) is 1.00. The van der Waals surface area contributed by atoms with Crippen LogP contribution < -0.4 is 0 Å². The summed E-state index contributed by atoms with van der Waals surface area (Å²) in [6, 6.07) is 0.946. The predicted octanol–water partition coefficient (Wildman–Crippen LogP) is 1.65. The molecule has 2 atom stereocenters. The van der Waals surface area contributed by atoms with Gasteiger partial charge >= 0.3 is 0 Å². The van der Waals surface area contributed by atoms with Crippen LogP contribution >= 0.6 is 0 Å². The topological polar surface area (TPSA) is 12.5 Å². The molecule has 74 valence electrons. The van der Waals surface area contributed by atoms with Crippen molar-refractivity contribution in [3.8, 4) is 0 Å². The van der Waals surface area contributed by atoms with Gasteiger partial charge in [0.25, 0.3) is 0 Å². The molecule has 2 saturated heterocycles. The normalized spacial score (nSPS) is 41.5. The summed E-state index contributed by atoms with van der Waals surface area (Å²) in [5.41, 5.74) is 0. The second kappa shape index (κ2) is 3.25. The Kier molecular flexibility index (Phi) is 2.06. The second-order valence-electron chi connectivity index (χ2n) is 4.83. The highest BCUT2D eigenvalue weighted by molar-refractivity contribution is 4.89. The van der Waals surface area contributed by atoms with E-state index in [1.54, 1.807) is 0 Å². The van der Waals surface area contributed by atoms with Crippen LogP contribution in [0.15, 0.2) is 0 Å². The zero-order valence-corrected chi connectivity index (χ0v) is 8.24. The van der Waals surface area contributed by atoms with Gasteiger partial charge in [-0.3, -0.25) is 4.90 Å². The van der Waals surface area contributed by atoms with E-state index < -0.39 is 0 Å². The van der Waals surface area contributed by atoms with Crippen molar-refractivity contribution in [2.75, 3.05) is 19.7 Å². The summed E-state index contributed by atoms with van der Waals surface area (Å²) in [7, 11) is 0. The summed E-state index contributed by atoms with van der Waals surface area (Å²) in [4.78, 5) is 2.72. The number of rotatable bonds is 1. The molecule has 3 fully saturated rings. The van der Waals surface area contributed by atoms with Crippen molar-refractivity contribution in [2.45, 2.75) is 44.2 Å². The first kappa shape index (κ1) is 8.25. The van der Waals surface area contributed by atoms with Crippen LogP contribution in [0.4, 0.5) is 0 Å². The monoisotopic (exact) mass is 181 g/mol. The Bertz CT molecular complexity index is 191. The van der Waals surface area contributed by atoms with Gasteiger partial charge in [-0.15, -0.1) is 0 Å². The molecule has 2 aliphatic heterocycles. The van der Waals surface area contributed by atoms with Gasteiger partial charge in [0.2, 0.25) is 0 Å². The van der Waals surface area contributed by atoms with Crippen LogP contribution in [0.2, 0.25) is 0 Å². The molecule has 2 nitrogen and oxygen atoms in total. The first-order chi connectivity index (χ1) is 6.43. The minimum Gasteiger partial charge on any atom is -0.378 e. The van der Waals surface area contributed by atoms with Crippen molar-refractivity contribution >= 4 is 0 Å². The number of ether oxygens (including phenoxy) is 1. The molecule has 2 heterocycles. The molecule has 13 heavy (non-hydrogen) atoms. The summed E-state index contributed by atoms with van der Waals surface area (Å²) in [6.45, 7) is 3.65. The van der Waals surface area contributed by atoms with Gasteiger partial charge in [0.05, 0.1) is 6.10 Å².